The highest BCUT2D eigenvalue weighted by Gasteiger charge is 2.37. The van der Waals surface area contributed by atoms with Gasteiger partial charge in [-0.05, 0) is 49.2 Å². The zero-order valence-corrected chi connectivity index (χ0v) is 17.2. The number of aryl methyl sites for hydroxylation is 1. The number of hydrogen-bond acceptors (Lipinski definition) is 5. The molecular weight excluding hydrogens is 424 g/mol. The smallest absolute Gasteiger partial charge is 0.420 e. The average Bonchev–Trinajstić information content (AvgIpc) is 3.18. The fourth-order valence-electron chi connectivity index (χ4n) is 3.41. The molecule has 0 fully saturated rings. The van der Waals surface area contributed by atoms with E-state index in [0.29, 0.717) is 35.0 Å². The van der Waals surface area contributed by atoms with Crippen molar-refractivity contribution in [2.24, 2.45) is 0 Å². The molecule has 7 nitrogen and oxygen atoms in total. The Morgan fingerprint density at radius 2 is 1.97 bits per heavy atom. The number of alkyl halides is 3. The van der Waals surface area contributed by atoms with Gasteiger partial charge in [0.25, 0.3) is 0 Å². The summed E-state index contributed by atoms with van der Waals surface area (Å²) in [6.45, 7) is 2.05. The fraction of sp³-hybridized carbons (Fsp3) is 0.227. The number of urea groups is 1. The van der Waals surface area contributed by atoms with Gasteiger partial charge in [0.2, 0.25) is 5.88 Å². The van der Waals surface area contributed by atoms with E-state index in [2.05, 4.69) is 15.3 Å². The number of nitrogens with zero attached hydrogens (tertiary/aromatic N) is 3. The minimum absolute atomic E-state index is 0.204. The van der Waals surface area contributed by atoms with E-state index < -0.39 is 17.8 Å². The van der Waals surface area contributed by atoms with Crippen LogP contribution in [0.3, 0.4) is 0 Å². The number of pyridine rings is 2. The van der Waals surface area contributed by atoms with E-state index in [1.54, 1.807) is 37.4 Å². The highest BCUT2D eigenvalue weighted by Crippen LogP contribution is 2.42. The Balaban J connectivity index is 1.49. The van der Waals surface area contributed by atoms with Crippen molar-refractivity contribution >= 4 is 17.4 Å². The molecule has 32 heavy (non-hydrogen) atoms. The van der Waals surface area contributed by atoms with Crippen molar-refractivity contribution in [1.82, 2.24) is 9.97 Å². The van der Waals surface area contributed by atoms with Gasteiger partial charge in [0.05, 0.1) is 30.3 Å². The summed E-state index contributed by atoms with van der Waals surface area (Å²) in [5, 5.41) is 2.66. The molecule has 1 aliphatic heterocycles. The number of hydrogen-bond donors (Lipinski definition) is 1. The topological polar surface area (TPSA) is 76.6 Å². The Kier molecular flexibility index (Phi) is 5.60. The molecule has 0 aliphatic carbocycles. The molecule has 166 valence electrons. The van der Waals surface area contributed by atoms with Crippen molar-refractivity contribution in [2.75, 3.05) is 23.9 Å². The van der Waals surface area contributed by atoms with Gasteiger partial charge in [-0.1, -0.05) is 0 Å². The lowest BCUT2D eigenvalue weighted by molar-refractivity contribution is -0.138. The molecule has 0 atom stereocenters. The van der Waals surface area contributed by atoms with Crippen LogP contribution >= 0.6 is 0 Å². The van der Waals surface area contributed by atoms with Crippen LogP contribution in [0.5, 0.6) is 17.4 Å². The molecule has 10 heteroatoms. The summed E-state index contributed by atoms with van der Waals surface area (Å²) in [4.78, 5) is 22.3. The van der Waals surface area contributed by atoms with E-state index >= 15 is 0 Å². The lowest BCUT2D eigenvalue weighted by Crippen LogP contribution is -2.33. The second-order valence-electron chi connectivity index (χ2n) is 7.08. The number of halogens is 3. The van der Waals surface area contributed by atoms with Gasteiger partial charge < -0.3 is 14.8 Å². The van der Waals surface area contributed by atoms with Crippen LogP contribution < -0.4 is 19.7 Å². The number of methoxy groups -OCH3 is 1. The number of nitrogens with one attached hydrogen (secondary N) is 1. The zero-order valence-electron chi connectivity index (χ0n) is 17.2. The summed E-state index contributed by atoms with van der Waals surface area (Å²) in [6, 6.07) is 8.40. The van der Waals surface area contributed by atoms with Crippen LogP contribution in [0.2, 0.25) is 0 Å². The summed E-state index contributed by atoms with van der Waals surface area (Å²) in [5.41, 5.74) is 0.971. The van der Waals surface area contributed by atoms with Crippen LogP contribution in [0.15, 0.2) is 48.8 Å². The third-order valence-electron chi connectivity index (χ3n) is 5.01. The van der Waals surface area contributed by atoms with Gasteiger partial charge in [-0.15, -0.1) is 0 Å². The Hall–Kier alpha value is -3.82. The van der Waals surface area contributed by atoms with Crippen molar-refractivity contribution < 1.29 is 27.4 Å². The number of ether oxygens (including phenoxy) is 2. The summed E-state index contributed by atoms with van der Waals surface area (Å²) < 4.78 is 50.7. The summed E-state index contributed by atoms with van der Waals surface area (Å²) in [7, 11) is 1.19. The monoisotopic (exact) mass is 443 g/mol. The first-order chi connectivity index (χ1) is 15.3. The number of fused-ring (bicyclic) bond motifs is 1. The molecule has 0 spiro atoms. The molecule has 0 bridgehead atoms. The lowest BCUT2D eigenvalue weighted by Gasteiger charge is -2.20. The van der Waals surface area contributed by atoms with Crippen LogP contribution in [-0.4, -0.2) is 29.7 Å². The highest BCUT2D eigenvalue weighted by molar-refractivity contribution is 6.03. The maximum absolute atomic E-state index is 13.4. The SMILES string of the molecule is Cc1ncccc1Oc1ccc(NC(=O)N2CCc3cc(O[11CH3])c(C(F)(F)F)cc32)cn1. The quantitative estimate of drug-likeness (QED) is 0.600. The van der Waals surface area contributed by atoms with Crippen molar-refractivity contribution in [3.05, 3.63) is 65.6 Å². The average molecular weight is 443 g/mol. The number of rotatable bonds is 4. The predicted molar refractivity (Wildman–Crippen MR) is 111 cm³/mol. The highest BCUT2D eigenvalue weighted by atomic mass is 19.4. The fourth-order valence-corrected chi connectivity index (χ4v) is 3.41. The largest absolute Gasteiger partial charge is 0.496 e. The summed E-state index contributed by atoms with van der Waals surface area (Å²) in [6.07, 6.45) is -1.12. The molecule has 0 saturated carbocycles. The lowest BCUT2D eigenvalue weighted by atomic mass is 10.1. The van der Waals surface area contributed by atoms with Crippen LogP contribution in [0, 0.1) is 6.92 Å². The van der Waals surface area contributed by atoms with Gasteiger partial charge in [0, 0.05) is 24.5 Å². The van der Waals surface area contributed by atoms with Crippen molar-refractivity contribution in [3.63, 3.8) is 0 Å². The Morgan fingerprint density at radius 3 is 2.62 bits per heavy atom. The molecule has 3 aromatic rings. The number of aromatic nitrogens is 2. The first-order valence-corrected chi connectivity index (χ1v) is 9.68. The minimum atomic E-state index is -4.60. The van der Waals surface area contributed by atoms with Gasteiger partial charge in [-0.3, -0.25) is 9.88 Å². The van der Waals surface area contributed by atoms with Gasteiger partial charge >= 0.3 is 12.2 Å². The maximum atomic E-state index is 13.4. The normalized spacial score (nSPS) is 13.0. The number of carbonyl (C=O) groups is 1. The molecule has 1 aliphatic rings. The molecule has 0 unspecified atom stereocenters. The second-order valence-corrected chi connectivity index (χ2v) is 7.08. The van der Waals surface area contributed by atoms with Crippen molar-refractivity contribution in [1.29, 1.82) is 0 Å². The van der Waals surface area contributed by atoms with Crippen molar-refractivity contribution in [3.8, 4) is 17.4 Å². The zero-order chi connectivity index (χ0) is 22.9. The maximum Gasteiger partial charge on any atom is 0.420 e. The number of benzene rings is 1. The molecule has 1 N–H and O–H groups in total. The van der Waals surface area contributed by atoms with Crippen LogP contribution in [0.4, 0.5) is 29.3 Å². The summed E-state index contributed by atoms with van der Waals surface area (Å²) in [5.74, 6) is 0.607. The van der Waals surface area contributed by atoms with E-state index in [-0.39, 0.29) is 18.0 Å². The first-order valence-electron chi connectivity index (χ1n) is 9.68. The predicted octanol–water partition coefficient (Wildman–Crippen LogP) is 5.20. The van der Waals surface area contributed by atoms with Gasteiger partial charge in [-0.25, -0.2) is 9.78 Å². The number of anilines is 2. The number of carbonyl (C=O) groups excluding carboxylic acids is 1. The van der Waals surface area contributed by atoms with E-state index in [1.807, 2.05) is 0 Å². The third-order valence-corrected chi connectivity index (χ3v) is 5.01. The Morgan fingerprint density at radius 1 is 1.16 bits per heavy atom. The van der Waals surface area contributed by atoms with E-state index in [4.69, 9.17) is 9.47 Å². The molecule has 0 saturated heterocycles. The van der Waals surface area contributed by atoms with Crippen LogP contribution in [0.1, 0.15) is 16.8 Å². The van der Waals surface area contributed by atoms with Crippen molar-refractivity contribution in [2.45, 2.75) is 19.5 Å². The molecule has 4 rings (SSSR count). The van der Waals surface area contributed by atoms with Gasteiger partial charge in [0.1, 0.15) is 5.75 Å². The third kappa shape index (κ3) is 4.29. The molecule has 2 amide bonds. The molecular formula is C22H19F3N4O3. The molecule has 2 aromatic heterocycles. The molecule has 0 radical (unpaired) electrons. The van der Waals surface area contributed by atoms with Gasteiger partial charge in [-0.2, -0.15) is 13.2 Å². The van der Waals surface area contributed by atoms with Crippen LogP contribution in [-0.2, 0) is 12.6 Å². The molecule has 1 aromatic carbocycles. The number of amides is 2. The van der Waals surface area contributed by atoms with E-state index in [9.17, 15) is 18.0 Å². The standard InChI is InChI=1S/C22H19F3N4O3/c1-13-18(4-3-8-26-13)32-20-6-5-15(12-27-20)28-21(30)29-9-7-14-10-19(31-2)16(11-17(14)29)22(23,24)25/h3-6,8,10-12H,7,9H2,1-2H3,(H,28,30)/i2-1. The Bertz CT molecular complexity index is 1150. The second kappa shape index (κ2) is 8.37. The van der Waals surface area contributed by atoms with E-state index in [0.717, 1.165) is 6.07 Å². The van der Waals surface area contributed by atoms with Crippen LogP contribution in [0.25, 0.3) is 0 Å². The summed E-state index contributed by atoms with van der Waals surface area (Å²) >= 11 is 0. The minimum Gasteiger partial charge on any atom is -0.496 e. The Labute approximate surface area is 181 Å². The molecule has 3 heterocycles. The van der Waals surface area contributed by atoms with Gasteiger partial charge in [0.15, 0.2) is 5.75 Å². The van der Waals surface area contributed by atoms with E-state index in [1.165, 1.54) is 24.3 Å². The first kappa shape index (κ1) is 21.4.